The van der Waals surface area contributed by atoms with Crippen LogP contribution in [0, 0.1) is 6.92 Å². The molecule has 0 radical (unpaired) electrons. The molecular weight excluding hydrogens is 282 g/mol. The smallest absolute Gasteiger partial charge is 0.193 e. The third kappa shape index (κ3) is 2.61. The van der Waals surface area contributed by atoms with Crippen LogP contribution in [0.4, 0.5) is 0 Å². The lowest BCUT2D eigenvalue weighted by Gasteiger charge is -2.31. The molecule has 1 aliphatic heterocycles. The largest absolute Gasteiger partial charge is 0.297 e. The first-order valence-electron chi connectivity index (χ1n) is 7.43. The number of fused-ring (bicyclic) bond motifs is 1. The molecule has 0 spiro atoms. The van der Waals surface area contributed by atoms with Crippen molar-refractivity contribution in [3.8, 4) is 0 Å². The lowest BCUT2D eigenvalue weighted by atomic mass is 9.94. The van der Waals surface area contributed by atoms with E-state index in [0.29, 0.717) is 5.92 Å². The quantitative estimate of drug-likeness (QED) is 0.809. The second kappa shape index (κ2) is 5.27. The maximum Gasteiger partial charge on any atom is 0.193 e. The van der Waals surface area contributed by atoms with Gasteiger partial charge >= 0.3 is 0 Å². The predicted octanol–water partition coefficient (Wildman–Crippen LogP) is 2.81. The summed E-state index contributed by atoms with van der Waals surface area (Å²) in [6, 6.07) is 2.18. The lowest BCUT2D eigenvalue weighted by Crippen LogP contribution is -2.34. The summed E-state index contributed by atoms with van der Waals surface area (Å²) in [6.07, 6.45) is 6.69. The molecular formula is C15H19N5S. The van der Waals surface area contributed by atoms with Crippen molar-refractivity contribution in [3.63, 3.8) is 0 Å². The Labute approximate surface area is 127 Å². The van der Waals surface area contributed by atoms with Gasteiger partial charge in [-0.05, 0) is 32.4 Å². The van der Waals surface area contributed by atoms with Gasteiger partial charge in [-0.3, -0.25) is 14.4 Å². The Morgan fingerprint density at radius 1 is 1.48 bits per heavy atom. The number of aromatic amines is 1. The zero-order valence-corrected chi connectivity index (χ0v) is 12.9. The van der Waals surface area contributed by atoms with Gasteiger partial charge in [-0.2, -0.15) is 5.10 Å². The van der Waals surface area contributed by atoms with Crippen molar-refractivity contribution in [2.24, 2.45) is 0 Å². The number of rotatable bonds is 3. The fourth-order valence-electron chi connectivity index (χ4n) is 3.17. The van der Waals surface area contributed by atoms with Crippen LogP contribution in [0.3, 0.4) is 0 Å². The molecule has 0 aromatic carbocycles. The third-order valence-corrected chi connectivity index (χ3v) is 4.95. The van der Waals surface area contributed by atoms with Gasteiger partial charge in [0.15, 0.2) is 4.96 Å². The summed E-state index contributed by atoms with van der Waals surface area (Å²) in [4.78, 5) is 8.28. The van der Waals surface area contributed by atoms with Crippen LogP contribution >= 0.6 is 11.3 Å². The zero-order chi connectivity index (χ0) is 14.2. The Hall–Kier alpha value is -1.66. The van der Waals surface area contributed by atoms with Gasteiger partial charge in [-0.1, -0.05) is 0 Å². The number of thiazole rings is 1. The fraction of sp³-hybridized carbons (Fsp3) is 0.467. The number of hydrogen-bond donors (Lipinski definition) is 1. The van der Waals surface area contributed by atoms with Crippen LogP contribution in [0.1, 0.15) is 35.8 Å². The Morgan fingerprint density at radius 2 is 2.43 bits per heavy atom. The van der Waals surface area contributed by atoms with E-state index in [9.17, 15) is 0 Å². The van der Waals surface area contributed by atoms with Crippen LogP contribution in [-0.2, 0) is 6.54 Å². The first kappa shape index (κ1) is 13.0. The summed E-state index contributed by atoms with van der Waals surface area (Å²) in [6.45, 7) is 5.24. The Morgan fingerprint density at radius 3 is 3.24 bits per heavy atom. The molecule has 0 bridgehead atoms. The molecule has 21 heavy (non-hydrogen) atoms. The molecule has 1 unspecified atom stereocenters. The molecule has 1 atom stereocenters. The SMILES string of the molecule is Cc1cc(C2CCCN(Cc3cn4ccsc4n3)C2)n[nH]1. The molecule has 110 valence electrons. The van der Waals surface area contributed by atoms with Crippen molar-refractivity contribution in [2.75, 3.05) is 13.1 Å². The third-order valence-electron chi connectivity index (χ3n) is 4.18. The molecule has 0 saturated carbocycles. The topological polar surface area (TPSA) is 49.2 Å². The maximum absolute atomic E-state index is 4.69. The summed E-state index contributed by atoms with van der Waals surface area (Å²) < 4.78 is 2.11. The molecule has 6 heteroatoms. The van der Waals surface area contributed by atoms with E-state index in [4.69, 9.17) is 0 Å². The van der Waals surface area contributed by atoms with Crippen molar-refractivity contribution < 1.29 is 0 Å². The van der Waals surface area contributed by atoms with E-state index in [1.807, 2.05) is 0 Å². The van der Waals surface area contributed by atoms with E-state index in [2.05, 4.69) is 55.2 Å². The van der Waals surface area contributed by atoms with Crippen LogP contribution in [-0.4, -0.2) is 37.6 Å². The van der Waals surface area contributed by atoms with Crippen molar-refractivity contribution in [1.82, 2.24) is 24.5 Å². The number of nitrogens with one attached hydrogen (secondary N) is 1. The molecule has 5 nitrogen and oxygen atoms in total. The lowest BCUT2D eigenvalue weighted by molar-refractivity contribution is 0.196. The zero-order valence-electron chi connectivity index (χ0n) is 12.1. The normalized spacial score (nSPS) is 20.3. The molecule has 0 aliphatic carbocycles. The van der Waals surface area contributed by atoms with Crippen LogP contribution in [0.5, 0.6) is 0 Å². The van der Waals surface area contributed by atoms with E-state index in [1.54, 1.807) is 11.3 Å². The second-order valence-corrected chi connectivity index (χ2v) is 6.75. The second-order valence-electron chi connectivity index (χ2n) is 5.88. The standard InChI is InChI=1S/C15H19N5S/c1-11-7-14(18-17-11)12-3-2-4-19(8-12)9-13-10-20-5-6-21-15(20)16-13/h5-7,10,12H,2-4,8-9H2,1H3,(H,17,18). The van der Waals surface area contributed by atoms with E-state index in [-0.39, 0.29) is 0 Å². The molecule has 1 fully saturated rings. The summed E-state index contributed by atoms with van der Waals surface area (Å²) >= 11 is 1.69. The maximum atomic E-state index is 4.69. The fourth-order valence-corrected chi connectivity index (χ4v) is 3.89. The van der Waals surface area contributed by atoms with Crippen molar-refractivity contribution in [1.29, 1.82) is 0 Å². The number of imidazole rings is 1. The Kier molecular flexibility index (Phi) is 3.27. The van der Waals surface area contributed by atoms with Gasteiger partial charge in [0.1, 0.15) is 0 Å². The summed E-state index contributed by atoms with van der Waals surface area (Å²) in [5, 5.41) is 9.57. The average molecular weight is 301 g/mol. The number of piperidine rings is 1. The molecule has 4 heterocycles. The van der Waals surface area contributed by atoms with Crippen LogP contribution in [0.2, 0.25) is 0 Å². The predicted molar refractivity (Wildman–Crippen MR) is 83.6 cm³/mol. The monoisotopic (exact) mass is 301 g/mol. The number of nitrogens with zero attached hydrogens (tertiary/aromatic N) is 4. The molecule has 3 aromatic heterocycles. The van der Waals surface area contributed by atoms with Crippen LogP contribution in [0.25, 0.3) is 4.96 Å². The molecule has 0 amide bonds. The number of hydrogen-bond acceptors (Lipinski definition) is 4. The van der Waals surface area contributed by atoms with Gasteiger partial charge < -0.3 is 0 Å². The molecule has 3 aromatic rings. The Balaban J connectivity index is 1.46. The van der Waals surface area contributed by atoms with Gasteiger partial charge in [-0.15, -0.1) is 11.3 Å². The van der Waals surface area contributed by atoms with Crippen molar-refractivity contribution >= 4 is 16.3 Å². The highest BCUT2D eigenvalue weighted by molar-refractivity contribution is 7.15. The summed E-state index contributed by atoms with van der Waals surface area (Å²) in [7, 11) is 0. The molecule has 1 N–H and O–H groups in total. The van der Waals surface area contributed by atoms with Gasteiger partial charge in [-0.25, -0.2) is 4.98 Å². The Bertz CT molecular complexity index is 712. The van der Waals surface area contributed by atoms with Gasteiger partial charge in [0.25, 0.3) is 0 Å². The van der Waals surface area contributed by atoms with Gasteiger partial charge in [0.2, 0.25) is 0 Å². The van der Waals surface area contributed by atoms with Gasteiger partial charge in [0, 0.05) is 42.5 Å². The van der Waals surface area contributed by atoms with E-state index in [1.165, 1.54) is 24.2 Å². The minimum atomic E-state index is 0.549. The van der Waals surface area contributed by atoms with Crippen LogP contribution in [0.15, 0.2) is 23.8 Å². The number of aryl methyl sites for hydroxylation is 1. The minimum Gasteiger partial charge on any atom is -0.297 e. The first-order valence-corrected chi connectivity index (χ1v) is 8.31. The number of likely N-dealkylation sites (tertiary alicyclic amines) is 1. The number of aromatic nitrogens is 4. The minimum absolute atomic E-state index is 0.549. The molecule has 4 rings (SSSR count). The highest BCUT2D eigenvalue weighted by atomic mass is 32.1. The van der Waals surface area contributed by atoms with E-state index < -0.39 is 0 Å². The summed E-state index contributed by atoms with van der Waals surface area (Å²) in [5.74, 6) is 0.549. The van der Waals surface area contributed by atoms with E-state index in [0.717, 1.165) is 30.3 Å². The number of H-pyrrole nitrogens is 1. The van der Waals surface area contributed by atoms with Gasteiger partial charge in [0.05, 0.1) is 11.4 Å². The molecule has 1 saturated heterocycles. The van der Waals surface area contributed by atoms with Crippen molar-refractivity contribution in [2.45, 2.75) is 32.2 Å². The summed E-state index contributed by atoms with van der Waals surface area (Å²) in [5.41, 5.74) is 3.53. The highest BCUT2D eigenvalue weighted by Crippen LogP contribution is 2.27. The highest BCUT2D eigenvalue weighted by Gasteiger charge is 2.23. The van der Waals surface area contributed by atoms with E-state index >= 15 is 0 Å². The van der Waals surface area contributed by atoms with Crippen LogP contribution < -0.4 is 0 Å². The molecule has 1 aliphatic rings. The average Bonchev–Trinajstić information content (AvgIpc) is 3.15. The first-order chi connectivity index (χ1) is 10.3. The van der Waals surface area contributed by atoms with Crippen molar-refractivity contribution in [3.05, 3.63) is 40.9 Å².